The van der Waals surface area contributed by atoms with Crippen LogP contribution in [0.2, 0.25) is 0 Å². The first-order chi connectivity index (χ1) is 15.8. The molecule has 168 valence electrons. The molecule has 2 aliphatic heterocycles. The largest absolute Gasteiger partial charge is 0.586 e. The fourth-order valence-corrected chi connectivity index (χ4v) is 3.56. The monoisotopic (exact) mass is 457 g/mol. The van der Waals surface area contributed by atoms with Crippen molar-refractivity contribution in [2.75, 3.05) is 11.9 Å². The average Bonchev–Trinajstić information content (AvgIpc) is 3.34. The Morgan fingerprint density at radius 1 is 0.879 bits per heavy atom. The Morgan fingerprint density at radius 2 is 1.48 bits per heavy atom. The molecule has 2 N–H and O–H groups in total. The van der Waals surface area contributed by atoms with Gasteiger partial charge in [0, 0.05) is 17.3 Å². The van der Waals surface area contributed by atoms with Crippen LogP contribution in [0.1, 0.15) is 11.1 Å². The normalized spacial score (nSPS) is 16.1. The van der Waals surface area contributed by atoms with Crippen LogP contribution in [0.25, 0.3) is 11.3 Å². The van der Waals surface area contributed by atoms with Crippen molar-refractivity contribution in [3.05, 3.63) is 89.5 Å². The molecule has 0 aromatic heterocycles. The summed E-state index contributed by atoms with van der Waals surface area (Å²) >= 11 is 0. The predicted molar refractivity (Wildman–Crippen MR) is 111 cm³/mol. The molecule has 0 atom stereocenters. The molecule has 2 aliphatic rings. The minimum Gasteiger partial charge on any atom is -0.395 e. The van der Waals surface area contributed by atoms with Gasteiger partial charge >= 0.3 is 12.3 Å². The topological polar surface area (TPSA) is 62.8 Å². The summed E-state index contributed by atoms with van der Waals surface area (Å²) in [7, 11) is 0. The van der Waals surface area contributed by atoms with Gasteiger partial charge in [-0.2, -0.15) is 0 Å². The van der Waals surface area contributed by atoms with Crippen LogP contribution in [0.4, 0.5) is 28.0 Å². The number of fused-ring (bicyclic) bond motifs is 1. The molecule has 2 heterocycles. The highest BCUT2D eigenvalue weighted by Crippen LogP contribution is 2.42. The van der Waals surface area contributed by atoms with Crippen LogP contribution in [0.15, 0.2) is 66.7 Å². The van der Waals surface area contributed by atoms with Crippen LogP contribution in [0.5, 0.6) is 11.5 Å². The number of urea groups is 1. The van der Waals surface area contributed by atoms with E-state index in [0.717, 1.165) is 0 Å². The van der Waals surface area contributed by atoms with Crippen molar-refractivity contribution in [3.63, 3.8) is 0 Å². The summed E-state index contributed by atoms with van der Waals surface area (Å²) in [5.41, 5.74) is 5.71. The van der Waals surface area contributed by atoms with Gasteiger partial charge in [-0.15, -0.1) is 8.78 Å². The summed E-state index contributed by atoms with van der Waals surface area (Å²) in [5.74, 6) is -1.17. The zero-order chi connectivity index (χ0) is 23.2. The van der Waals surface area contributed by atoms with Crippen molar-refractivity contribution >= 4 is 23.0 Å². The molecule has 2 amide bonds. The number of nitrogens with one attached hydrogen (secondary N) is 2. The molecule has 0 spiro atoms. The van der Waals surface area contributed by atoms with E-state index in [-0.39, 0.29) is 23.7 Å². The third-order valence-corrected chi connectivity index (χ3v) is 5.09. The van der Waals surface area contributed by atoms with E-state index in [4.69, 9.17) is 0 Å². The number of hydrazine groups is 1. The Kier molecular flexibility index (Phi) is 4.85. The SMILES string of the molecule is O=C(Nc1ccc2c(c1)OC(F)(F)O2)N1CC(c2ccc(F)cc2)=C(c2ccc(F)cc2)N1. The van der Waals surface area contributed by atoms with Crippen LogP contribution < -0.4 is 20.2 Å². The Morgan fingerprint density at radius 3 is 2.15 bits per heavy atom. The smallest absolute Gasteiger partial charge is 0.395 e. The van der Waals surface area contributed by atoms with Gasteiger partial charge in [0.05, 0.1) is 12.2 Å². The number of anilines is 1. The first-order valence-electron chi connectivity index (χ1n) is 9.77. The molecule has 0 saturated carbocycles. The van der Waals surface area contributed by atoms with Gasteiger partial charge < -0.3 is 14.8 Å². The highest BCUT2D eigenvalue weighted by molar-refractivity contribution is 5.98. The van der Waals surface area contributed by atoms with Crippen LogP contribution in [-0.4, -0.2) is 23.9 Å². The van der Waals surface area contributed by atoms with Gasteiger partial charge in [0.2, 0.25) is 0 Å². The highest BCUT2D eigenvalue weighted by Gasteiger charge is 2.43. The molecule has 0 bridgehead atoms. The molecular weight excluding hydrogens is 442 g/mol. The molecule has 3 aromatic carbocycles. The summed E-state index contributed by atoms with van der Waals surface area (Å²) in [4.78, 5) is 12.9. The highest BCUT2D eigenvalue weighted by atomic mass is 19.3. The lowest BCUT2D eigenvalue weighted by atomic mass is 10.0. The van der Waals surface area contributed by atoms with E-state index in [1.807, 2.05) is 0 Å². The van der Waals surface area contributed by atoms with Gasteiger partial charge in [0.1, 0.15) is 11.6 Å². The van der Waals surface area contributed by atoms with Crippen LogP contribution in [-0.2, 0) is 0 Å². The number of ether oxygens (including phenoxy) is 2. The number of hydrogen-bond donors (Lipinski definition) is 2. The second-order valence-corrected chi connectivity index (χ2v) is 7.32. The third kappa shape index (κ3) is 4.14. The minimum absolute atomic E-state index is 0.104. The number of rotatable bonds is 3. The van der Waals surface area contributed by atoms with Crippen LogP contribution in [0.3, 0.4) is 0 Å². The summed E-state index contributed by atoms with van der Waals surface area (Å²) in [6.07, 6.45) is -3.76. The van der Waals surface area contributed by atoms with Crippen molar-refractivity contribution in [2.24, 2.45) is 0 Å². The zero-order valence-electron chi connectivity index (χ0n) is 16.7. The Bertz CT molecular complexity index is 1200. The molecule has 33 heavy (non-hydrogen) atoms. The van der Waals surface area contributed by atoms with Crippen molar-refractivity contribution < 1.29 is 31.8 Å². The van der Waals surface area contributed by atoms with E-state index in [1.165, 1.54) is 47.5 Å². The second-order valence-electron chi connectivity index (χ2n) is 7.32. The van der Waals surface area contributed by atoms with Gasteiger partial charge in [-0.05, 0) is 59.7 Å². The number of halogens is 4. The van der Waals surface area contributed by atoms with E-state index in [1.54, 1.807) is 24.3 Å². The fourth-order valence-electron chi connectivity index (χ4n) is 3.56. The Labute approximate surface area is 185 Å². The molecule has 0 aliphatic carbocycles. The summed E-state index contributed by atoms with van der Waals surface area (Å²) in [6.45, 7) is 0.104. The van der Waals surface area contributed by atoms with Crippen molar-refractivity contribution in [1.29, 1.82) is 0 Å². The van der Waals surface area contributed by atoms with Gasteiger partial charge in [0.15, 0.2) is 11.5 Å². The Hall–Kier alpha value is -4.21. The molecule has 10 heteroatoms. The molecular formula is C23H15F4N3O3. The summed E-state index contributed by atoms with van der Waals surface area (Å²) < 4.78 is 62.0. The number of alkyl halides is 2. The lowest BCUT2D eigenvalue weighted by Crippen LogP contribution is -2.40. The van der Waals surface area contributed by atoms with E-state index in [2.05, 4.69) is 20.2 Å². The number of nitrogens with zero attached hydrogens (tertiary/aromatic N) is 1. The minimum atomic E-state index is -3.76. The first-order valence-corrected chi connectivity index (χ1v) is 9.77. The van der Waals surface area contributed by atoms with Crippen LogP contribution in [0, 0.1) is 11.6 Å². The maximum absolute atomic E-state index is 13.4. The van der Waals surface area contributed by atoms with Gasteiger partial charge in [-0.25, -0.2) is 18.6 Å². The maximum atomic E-state index is 13.4. The predicted octanol–water partition coefficient (Wildman–Crippen LogP) is 5.21. The second kappa shape index (κ2) is 7.73. The van der Waals surface area contributed by atoms with Gasteiger partial charge in [-0.3, -0.25) is 5.43 Å². The zero-order valence-corrected chi connectivity index (χ0v) is 16.7. The van der Waals surface area contributed by atoms with Crippen molar-refractivity contribution in [2.45, 2.75) is 6.29 Å². The van der Waals surface area contributed by atoms with Gasteiger partial charge in [-0.1, -0.05) is 12.1 Å². The van der Waals surface area contributed by atoms with Gasteiger partial charge in [0.25, 0.3) is 0 Å². The third-order valence-electron chi connectivity index (χ3n) is 5.09. The summed E-state index contributed by atoms with van der Waals surface area (Å²) in [5, 5.41) is 3.86. The van der Waals surface area contributed by atoms with Crippen LogP contribution >= 0.6 is 0 Å². The standard InChI is InChI=1S/C23H15F4N3O3/c24-15-5-1-13(2-6-15)18-12-30(29-21(18)14-3-7-16(25)8-4-14)22(31)28-17-9-10-19-20(11-17)33-23(26,27)32-19/h1-11,29H,12H2,(H,28,31). The van der Waals surface area contributed by atoms with E-state index < -0.39 is 24.0 Å². The average molecular weight is 457 g/mol. The number of benzene rings is 3. The molecule has 0 radical (unpaired) electrons. The quantitative estimate of drug-likeness (QED) is 0.531. The van der Waals surface area contributed by atoms with E-state index in [9.17, 15) is 22.4 Å². The summed E-state index contributed by atoms with van der Waals surface area (Å²) in [6, 6.07) is 14.7. The number of carbonyl (C=O) groups excluding carboxylic acids is 1. The fraction of sp³-hybridized carbons (Fsp3) is 0.0870. The van der Waals surface area contributed by atoms with E-state index in [0.29, 0.717) is 22.4 Å². The maximum Gasteiger partial charge on any atom is 0.586 e. The molecule has 5 rings (SSSR count). The van der Waals surface area contributed by atoms with E-state index >= 15 is 0 Å². The molecule has 0 fully saturated rings. The number of carbonyl (C=O) groups is 1. The number of hydrogen-bond acceptors (Lipinski definition) is 4. The lowest BCUT2D eigenvalue weighted by molar-refractivity contribution is -0.286. The van der Waals surface area contributed by atoms with Crippen molar-refractivity contribution in [1.82, 2.24) is 10.4 Å². The molecule has 0 saturated heterocycles. The lowest BCUT2D eigenvalue weighted by Gasteiger charge is -2.19. The Balaban J connectivity index is 1.39. The number of amides is 2. The molecule has 3 aromatic rings. The molecule has 0 unspecified atom stereocenters. The van der Waals surface area contributed by atoms with Crippen molar-refractivity contribution in [3.8, 4) is 11.5 Å². The molecule has 6 nitrogen and oxygen atoms in total. The first kappa shape index (κ1) is 20.7.